The Morgan fingerprint density at radius 1 is 1.56 bits per heavy atom. The van der Waals surface area contributed by atoms with Crippen LogP contribution < -0.4 is 10.5 Å². The minimum Gasteiger partial charge on any atom is -0.493 e. The smallest absolute Gasteiger partial charge is 0.154 e. The van der Waals surface area contributed by atoms with E-state index in [0.29, 0.717) is 11.8 Å². The zero-order valence-electron chi connectivity index (χ0n) is 9.15. The van der Waals surface area contributed by atoms with E-state index in [-0.39, 0.29) is 0 Å². The highest BCUT2D eigenvalue weighted by Crippen LogP contribution is 2.17. The van der Waals surface area contributed by atoms with E-state index in [1.807, 2.05) is 31.2 Å². The third-order valence-corrected chi connectivity index (χ3v) is 3.00. The first-order chi connectivity index (χ1) is 7.72. The summed E-state index contributed by atoms with van der Waals surface area (Å²) in [4.78, 5) is 4.08. The lowest BCUT2D eigenvalue weighted by Gasteiger charge is -2.05. The van der Waals surface area contributed by atoms with Gasteiger partial charge < -0.3 is 10.5 Å². The molecule has 0 spiro atoms. The maximum absolute atomic E-state index is 5.64. The molecule has 0 radical (unpaired) electrons. The Balaban J connectivity index is 2.23. The van der Waals surface area contributed by atoms with Gasteiger partial charge in [0.2, 0.25) is 0 Å². The molecule has 0 aliphatic carbocycles. The minimum absolute atomic E-state index is 0.625. The van der Waals surface area contributed by atoms with Crippen molar-refractivity contribution in [2.75, 3.05) is 18.9 Å². The number of hydrogen-bond donors (Lipinski definition) is 1. The van der Waals surface area contributed by atoms with Crippen LogP contribution in [-0.4, -0.2) is 24.1 Å². The van der Waals surface area contributed by atoms with Crippen LogP contribution in [0.4, 0.5) is 0 Å². The molecule has 16 heavy (non-hydrogen) atoms. The molecular formula is C11H15BrN2OS. The molecule has 5 heteroatoms. The standard InChI is InChI=1S/C11H15BrN2OS/c1-2-14-11(13)16-7-6-15-10-5-3-4-9(12)8-10/h3-5,8H,2,6-7H2,1H3,(H2,13,14). The molecule has 0 heterocycles. The van der Waals surface area contributed by atoms with Crippen LogP contribution in [0.5, 0.6) is 5.75 Å². The van der Waals surface area contributed by atoms with Crippen molar-refractivity contribution < 1.29 is 4.74 Å². The number of aliphatic imine (C=N–C) groups is 1. The highest BCUT2D eigenvalue weighted by molar-refractivity contribution is 9.10. The number of nitrogens with zero attached hydrogens (tertiary/aromatic N) is 1. The zero-order valence-corrected chi connectivity index (χ0v) is 11.6. The quantitative estimate of drug-likeness (QED) is 0.517. The molecule has 3 nitrogen and oxygen atoms in total. The van der Waals surface area contributed by atoms with E-state index in [2.05, 4.69) is 20.9 Å². The van der Waals surface area contributed by atoms with Crippen LogP contribution in [0.15, 0.2) is 33.7 Å². The SMILES string of the molecule is CCN=C(N)SCCOc1cccc(Br)c1. The Labute approximate surface area is 109 Å². The van der Waals surface area contributed by atoms with Crippen LogP contribution in [0.2, 0.25) is 0 Å². The van der Waals surface area contributed by atoms with E-state index in [4.69, 9.17) is 10.5 Å². The predicted octanol–water partition coefficient (Wildman–Crippen LogP) is 2.90. The Morgan fingerprint density at radius 2 is 2.38 bits per heavy atom. The largest absolute Gasteiger partial charge is 0.493 e. The first kappa shape index (κ1) is 13.4. The number of benzene rings is 1. The molecule has 0 bridgehead atoms. The fourth-order valence-electron chi connectivity index (χ4n) is 1.06. The van der Waals surface area contributed by atoms with Gasteiger partial charge in [0.25, 0.3) is 0 Å². The molecular weight excluding hydrogens is 288 g/mol. The van der Waals surface area contributed by atoms with Crippen molar-refractivity contribution in [3.05, 3.63) is 28.7 Å². The Kier molecular flexibility index (Phi) is 6.33. The minimum atomic E-state index is 0.625. The van der Waals surface area contributed by atoms with Gasteiger partial charge in [-0.2, -0.15) is 0 Å². The normalized spacial score (nSPS) is 11.5. The third-order valence-electron chi connectivity index (χ3n) is 1.71. The summed E-state index contributed by atoms with van der Waals surface area (Å²) in [5.74, 6) is 1.67. The molecule has 0 aliphatic heterocycles. The van der Waals surface area contributed by atoms with Crippen LogP contribution >= 0.6 is 27.7 Å². The number of rotatable bonds is 5. The van der Waals surface area contributed by atoms with Crippen LogP contribution in [0.3, 0.4) is 0 Å². The van der Waals surface area contributed by atoms with Gasteiger partial charge in [-0.05, 0) is 25.1 Å². The topological polar surface area (TPSA) is 47.6 Å². The van der Waals surface area contributed by atoms with Crippen molar-refractivity contribution in [3.8, 4) is 5.75 Å². The molecule has 1 rings (SSSR count). The van der Waals surface area contributed by atoms with Gasteiger partial charge in [-0.25, -0.2) is 0 Å². The Bertz CT molecular complexity index is 358. The molecule has 88 valence electrons. The number of nitrogens with two attached hydrogens (primary N) is 1. The van der Waals surface area contributed by atoms with Crippen molar-refractivity contribution in [1.29, 1.82) is 0 Å². The maximum Gasteiger partial charge on any atom is 0.154 e. The molecule has 0 saturated heterocycles. The monoisotopic (exact) mass is 302 g/mol. The van der Waals surface area contributed by atoms with Gasteiger partial charge in [-0.15, -0.1) is 0 Å². The summed E-state index contributed by atoms with van der Waals surface area (Å²) in [7, 11) is 0. The van der Waals surface area contributed by atoms with Crippen molar-refractivity contribution >= 4 is 32.9 Å². The van der Waals surface area contributed by atoms with Crippen molar-refractivity contribution in [2.45, 2.75) is 6.92 Å². The summed E-state index contributed by atoms with van der Waals surface area (Å²) in [5, 5.41) is 0.625. The Morgan fingerprint density at radius 3 is 3.06 bits per heavy atom. The van der Waals surface area contributed by atoms with Gasteiger partial charge in [-0.3, -0.25) is 4.99 Å². The second-order valence-corrected chi connectivity index (χ2v) is 5.00. The summed E-state index contributed by atoms with van der Waals surface area (Å²) in [6.45, 7) is 3.32. The molecule has 1 aromatic rings. The van der Waals surface area contributed by atoms with E-state index in [0.717, 1.165) is 22.5 Å². The molecule has 0 aliphatic rings. The zero-order chi connectivity index (χ0) is 11.8. The van der Waals surface area contributed by atoms with Gasteiger partial charge in [0.1, 0.15) is 5.75 Å². The van der Waals surface area contributed by atoms with Crippen LogP contribution in [0.1, 0.15) is 6.92 Å². The van der Waals surface area contributed by atoms with Crippen molar-refractivity contribution in [1.82, 2.24) is 0 Å². The highest BCUT2D eigenvalue weighted by atomic mass is 79.9. The van der Waals surface area contributed by atoms with Crippen molar-refractivity contribution in [3.63, 3.8) is 0 Å². The first-order valence-electron chi connectivity index (χ1n) is 5.03. The lowest BCUT2D eigenvalue weighted by atomic mass is 10.3. The van der Waals surface area contributed by atoms with Crippen LogP contribution in [0.25, 0.3) is 0 Å². The molecule has 0 atom stereocenters. The van der Waals surface area contributed by atoms with Gasteiger partial charge in [0, 0.05) is 16.8 Å². The number of halogens is 1. The van der Waals surface area contributed by atoms with Gasteiger partial charge in [0.15, 0.2) is 5.17 Å². The molecule has 1 aromatic carbocycles. The number of hydrogen-bond acceptors (Lipinski definition) is 3. The fourth-order valence-corrected chi connectivity index (χ4v) is 2.04. The molecule has 0 aromatic heterocycles. The van der Waals surface area contributed by atoms with Gasteiger partial charge in [-0.1, -0.05) is 33.8 Å². The summed E-state index contributed by atoms with van der Waals surface area (Å²) < 4.78 is 6.57. The van der Waals surface area contributed by atoms with E-state index in [1.54, 1.807) is 0 Å². The third kappa shape index (κ3) is 5.42. The summed E-state index contributed by atoms with van der Waals surface area (Å²) in [6.07, 6.45) is 0. The van der Waals surface area contributed by atoms with Crippen LogP contribution in [-0.2, 0) is 0 Å². The van der Waals surface area contributed by atoms with Gasteiger partial charge >= 0.3 is 0 Å². The van der Waals surface area contributed by atoms with Crippen molar-refractivity contribution in [2.24, 2.45) is 10.7 Å². The summed E-state index contributed by atoms with van der Waals surface area (Å²) in [5.41, 5.74) is 5.64. The summed E-state index contributed by atoms with van der Waals surface area (Å²) in [6, 6.07) is 7.78. The van der Waals surface area contributed by atoms with Gasteiger partial charge in [0.05, 0.1) is 6.61 Å². The second kappa shape index (κ2) is 7.57. The second-order valence-electron chi connectivity index (χ2n) is 2.97. The maximum atomic E-state index is 5.64. The first-order valence-corrected chi connectivity index (χ1v) is 6.81. The number of thioether (sulfide) groups is 1. The lowest BCUT2D eigenvalue weighted by molar-refractivity contribution is 0.344. The lowest BCUT2D eigenvalue weighted by Crippen LogP contribution is -2.10. The average molecular weight is 303 g/mol. The van der Waals surface area contributed by atoms with Crippen LogP contribution in [0, 0.1) is 0 Å². The highest BCUT2D eigenvalue weighted by Gasteiger charge is 1.96. The average Bonchev–Trinajstić information content (AvgIpc) is 2.25. The molecule has 0 unspecified atom stereocenters. The van der Waals surface area contributed by atoms with E-state index in [1.165, 1.54) is 11.8 Å². The number of ether oxygens (including phenoxy) is 1. The number of amidine groups is 1. The molecule has 0 amide bonds. The van der Waals surface area contributed by atoms with E-state index in [9.17, 15) is 0 Å². The molecule has 0 saturated carbocycles. The summed E-state index contributed by atoms with van der Waals surface area (Å²) >= 11 is 4.91. The van der Waals surface area contributed by atoms with E-state index >= 15 is 0 Å². The fraction of sp³-hybridized carbons (Fsp3) is 0.364. The predicted molar refractivity (Wildman–Crippen MR) is 74.3 cm³/mol. The Hall–Kier alpha value is -0.680. The molecule has 2 N–H and O–H groups in total. The van der Waals surface area contributed by atoms with E-state index < -0.39 is 0 Å². The molecule has 0 fully saturated rings.